The highest BCUT2D eigenvalue weighted by Crippen LogP contribution is 2.28. The second-order valence-corrected chi connectivity index (χ2v) is 8.01. The van der Waals surface area contributed by atoms with Gasteiger partial charge in [0.25, 0.3) is 5.91 Å². The lowest BCUT2D eigenvalue weighted by atomic mass is 9.98. The molecule has 3 amide bonds. The highest BCUT2D eigenvalue weighted by molar-refractivity contribution is 5.94. The predicted octanol–water partition coefficient (Wildman–Crippen LogP) is 2.55. The van der Waals surface area contributed by atoms with Crippen LogP contribution in [0.25, 0.3) is 0 Å². The maximum Gasteiger partial charge on any atom is 0.349 e. The number of rotatable bonds is 6. The van der Waals surface area contributed by atoms with Crippen LogP contribution in [0.5, 0.6) is 0 Å². The fraction of sp³-hybridized carbons (Fsp3) is 0.208. The van der Waals surface area contributed by atoms with E-state index in [2.05, 4.69) is 32.6 Å². The highest BCUT2D eigenvalue weighted by atomic mass is 16.2. The number of hydrogen-bond acceptors (Lipinski definition) is 7. The molecule has 180 valence electrons. The van der Waals surface area contributed by atoms with Gasteiger partial charge in [-0.3, -0.25) is 9.59 Å². The zero-order valence-electron chi connectivity index (χ0n) is 19.2. The van der Waals surface area contributed by atoms with Gasteiger partial charge in [0.2, 0.25) is 17.8 Å². The summed E-state index contributed by atoms with van der Waals surface area (Å²) >= 11 is 0. The molecule has 11 heteroatoms. The topological polar surface area (TPSA) is 147 Å². The van der Waals surface area contributed by atoms with Crippen LogP contribution < -0.4 is 21.7 Å². The molecule has 1 aliphatic rings. The van der Waals surface area contributed by atoms with Crippen molar-refractivity contribution in [1.82, 2.24) is 25.0 Å². The monoisotopic (exact) mass is 474 g/mol. The molecule has 0 saturated carbocycles. The number of likely N-dealkylation sites (tertiary alicyclic amines) is 1. The summed E-state index contributed by atoms with van der Waals surface area (Å²) in [4.78, 5) is 42.0. The third kappa shape index (κ3) is 5.29. The Balaban J connectivity index is 1.37. The molecule has 5 N–H and O–H groups in total. The Bertz CT molecular complexity index is 1250. The van der Waals surface area contributed by atoms with Crippen LogP contribution in [0.1, 0.15) is 28.3 Å². The maximum atomic E-state index is 12.7. The van der Waals surface area contributed by atoms with Crippen molar-refractivity contribution in [1.29, 1.82) is 0 Å². The summed E-state index contributed by atoms with van der Waals surface area (Å²) in [6, 6.07) is 13.6. The van der Waals surface area contributed by atoms with Gasteiger partial charge >= 0.3 is 6.03 Å². The molecule has 0 spiro atoms. The van der Waals surface area contributed by atoms with Crippen molar-refractivity contribution < 1.29 is 14.4 Å². The number of carbonyl (C=O) groups excluding carboxylic acids is 3. The molecule has 11 nitrogen and oxygen atoms in total. The number of anilines is 4. The highest BCUT2D eigenvalue weighted by Gasteiger charge is 2.26. The van der Waals surface area contributed by atoms with Crippen LogP contribution in [0.4, 0.5) is 28.1 Å². The molecule has 0 radical (unpaired) electrons. The lowest BCUT2D eigenvalue weighted by Gasteiger charge is -2.14. The molecular formula is C24H26N8O3. The molecule has 4 rings (SSSR count). The molecule has 35 heavy (non-hydrogen) atoms. The van der Waals surface area contributed by atoms with Gasteiger partial charge in [0.1, 0.15) is 0 Å². The average molecular weight is 475 g/mol. The first kappa shape index (κ1) is 23.5. The molecular weight excluding hydrogens is 448 g/mol. The van der Waals surface area contributed by atoms with Crippen LogP contribution in [0.2, 0.25) is 0 Å². The Kier molecular flexibility index (Phi) is 6.76. The van der Waals surface area contributed by atoms with Crippen LogP contribution in [-0.4, -0.2) is 57.6 Å². The van der Waals surface area contributed by atoms with Gasteiger partial charge in [-0.15, -0.1) is 9.78 Å². The normalized spacial score (nSPS) is 14.9. The Labute approximate surface area is 202 Å². The molecule has 1 aliphatic heterocycles. The second kappa shape index (κ2) is 10.1. The average Bonchev–Trinajstić information content (AvgIpc) is 3.51. The van der Waals surface area contributed by atoms with E-state index in [-0.39, 0.29) is 29.6 Å². The van der Waals surface area contributed by atoms with Gasteiger partial charge in [0.05, 0.1) is 0 Å². The van der Waals surface area contributed by atoms with Gasteiger partial charge in [0, 0.05) is 43.0 Å². The standard InChI is InChI=1S/C24H26N8O3/c1-3-20(33)31-13-12-17(14-31)15-4-8-19(9-5-15)28-24(35)32-22(25)29-23(30-32)27-18-10-6-16(7-11-18)21(34)26-2/h3-11,17H,1,12-14H2,2H3,(H,26,34)(H,28,35)(H3,25,27,29,30). The molecule has 2 heterocycles. The van der Waals surface area contributed by atoms with E-state index >= 15 is 0 Å². The van der Waals surface area contributed by atoms with Gasteiger partial charge < -0.3 is 26.6 Å². The SMILES string of the molecule is C=CC(=O)N1CCC(c2ccc(NC(=O)n3nc(Nc4ccc(C(=O)NC)cc4)nc3N)cc2)C1. The van der Waals surface area contributed by atoms with Crippen LogP contribution in [0.3, 0.4) is 0 Å². The van der Waals surface area contributed by atoms with E-state index in [0.29, 0.717) is 30.0 Å². The number of nitrogens with two attached hydrogens (primary N) is 1. The van der Waals surface area contributed by atoms with Crippen LogP contribution in [0, 0.1) is 0 Å². The first-order valence-corrected chi connectivity index (χ1v) is 11.0. The lowest BCUT2D eigenvalue weighted by molar-refractivity contribution is -0.125. The summed E-state index contributed by atoms with van der Waals surface area (Å²) < 4.78 is 0.963. The molecule has 1 aromatic heterocycles. The predicted molar refractivity (Wildman–Crippen MR) is 133 cm³/mol. The van der Waals surface area contributed by atoms with E-state index in [0.717, 1.165) is 16.7 Å². The van der Waals surface area contributed by atoms with Gasteiger partial charge in [0.15, 0.2) is 0 Å². The lowest BCUT2D eigenvalue weighted by Crippen LogP contribution is -2.26. The van der Waals surface area contributed by atoms with Crippen LogP contribution in [-0.2, 0) is 4.79 Å². The van der Waals surface area contributed by atoms with E-state index in [1.54, 1.807) is 48.3 Å². The smallest absolute Gasteiger partial charge is 0.349 e. The number of carbonyl (C=O) groups is 3. The summed E-state index contributed by atoms with van der Waals surface area (Å²) in [7, 11) is 1.56. The number of hydrogen-bond donors (Lipinski definition) is 4. The molecule has 1 fully saturated rings. The van der Waals surface area contributed by atoms with Crippen molar-refractivity contribution in [3.8, 4) is 0 Å². The van der Waals surface area contributed by atoms with Gasteiger partial charge in [-0.05, 0) is 54.5 Å². The number of nitrogens with one attached hydrogen (secondary N) is 3. The minimum Gasteiger partial charge on any atom is -0.368 e. The zero-order valence-corrected chi connectivity index (χ0v) is 19.2. The van der Waals surface area contributed by atoms with E-state index in [4.69, 9.17) is 5.73 Å². The molecule has 0 bridgehead atoms. The van der Waals surface area contributed by atoms with Crippen molar-refractivity contribution in [2.24, 2.45) is 0 Å². The largest absolute Gasteiger partial charge is 0.368 e. The number of nitrogens with zero attached hydrogens (tertiary/aromatic N) is 4. The Morgan fingerprint density at radius 2 is 1.77 bits per heavy atom. The molecule has 0 aliphatic carbocycles. The van der Waals surface area contributed by atoms with Crippen LogP contribution in [0.15, 0.2) is 61.2 Å². The number of aromatic nitrogens is 3. The summed E-state index contributed by atoms with van der Waals surface area (Å²) in [6.07, 6.45) is 2.21. The first-order chi connectivity index (χ1) is 16.9. The Morgan fingerprint density at radius 1 is 1.09 bits per heavy atom. The van der Waals surface area contributed by atoms with Gasteiger partial charge in [-0.25, -0.2) is 4.79 Å². The Morgan fingerprint density at radius 3 is 2.43 bits per heavy atom. The van der Waals surface area contributed by atoms with Crippen molar-refractivity contribution in [3.63, 3.8) is 0 Å². The second-order valence-electron chi connectivity index (χ2n) is 8.01. The van der Waals surface area contributed by atoms with Gasteiger partial charge in [-0.2, -0.15) is 4.98 Å². The number of amides is 3. The van der Waals surface area contributed by atoms with Crippen LogP contribution >= 0.6 is 0 Å². The summed E-state index contributed by atoms with van der Waals surface area (Å²) in [5.74, 6) is 0.0493. The van der Waals surface area contributed by atoms with Crippen molar-refractivity contribution >= 4 is 41.1 Å². The summed E-state index contributed by atoms with van der Waals surface area (Å²) in [5.41, 5.74) is 8.69. The summed E-state index contributed by atoms with van der Waals surface area (Å²) in [5, 5.41) is 12.4. The van der Waals surface area contributed by atoms with E-state index < -0.39 is 6.03 Å². The minimum absolute atomic E-state index is 0.0587. The quantitative estimate of drug-likeness (QED) is 0.401. The maximum absolute atomic E-state index is 12.7. The minimum atomic E-state index is -0.561. The third-order valence-electron chi connectivity index (χ3n) is 5.76. The molecule has 2 aromatic carbocycles. The number of benzene rings is 2. The van der Waals surface area contributed by atoms with E-state index in [1.807, 2.05) is 12.1 Å². The zero-order chi connectivity index (χ0) is 24.9. The van der Waals surface area contributed by atoms with Crippen molar-refractivity contribution in [3.05, 3.63) is 72.3 Å². The Hall–Kier alpha value is -4.67. The van der Waals surface area contributed by atoms with Gasteiger partial charge in [-0.1, -0.05) is 18.7 Å². The number of nitrogen functional groups attached to an aromatic ring is 1. The summed E-state index contributed by atoms with van der Waals surface area (Å²) in [6.45, 7) is 4.89. The van der Waals surface area contributed by atoms with E-state index in [9.17, 15) is 14.4 Å². The first-order valence-electron chi connectivity index (χ1n) is 11.0. The fourth-order valence-corrected chi connectivity index (χ4v) is 3.88. The molecule has 3 aromatic rings. The molecule has 1 saturated heterocycles. The van der Waals surface area contributed by atoms with Crippen molar-refractivity contribution in [2.45, 2.75) is 12.3 Å². The van der Waals surface area contributed by atoms with E-state index in [1.165, 1.54) is 6.08 Å². The third-order valence-corrected chi connectivity index (χ3v) is 5.76. The fourth-order valence-electron chi connectivity index (χ4n) is 3.88. The van der Waals surface area contributed by atoms with Crippen molar-refractivity contribution in [2.75, 3.05) is 36.5 Å². The molecule has 1 atom stereocenters. The molecule has 1 unspecified atom stereocenters.